The molecule has 2 amide bonds. The van der Waals surface area contributed by atoms with Gasteiger partial charge in [0.15, 0.2) is 5.84 Å². The number of aromatic nitrogens is 3. The first-order chi connectivity index (χ1) is 16.4. The Labute approximate surface area is 196 Å². The summed E-state index contributed by atoms with van der Waals surface area (Å²) in [7, 11) is 0. The zero-order chi connectivity index (χ0) is 23.8. The first-order valence-corrected chi connectivity index (χ1v) is 11.8. The Morgan fingerprint density at radius 2 is 1.76 bits per heavy atom. The van der Waals surface area contributed by atoms with Gasteiger partial charge in [-0.1, -0.05) is 12.1 Å². The Morgan fingerprint density at radius 3 is 2.44 bits per heavy atom. The molecule has 1 saturated carbocycles. The zero-order valence-electron chi connectivity index (χ0n) is 19.1. The van der Waals surface area contributed by atoms with E-state index in [2.05, 4.69) is 27.5 Å². The second-order valence-electron chi connectivity index (χ2n) is 9.47. The maximum absolute atomic E-state index is 14.7. The van der Waals surface area contributed by atoms with Gasteiger partial charge in [0, 0.05) is 43.9 Å². The lowest BCUT2D eigenvalue weighted by molar-refractivity contribution is -0.147. The van der Waals surface area contributed by atoms with Gasteiger partial charge < -0.3 is 15.1 Å². The van der Waals surface area contributed by atoms with Crippen LogP contribution in [-0.2, 0) is 14.4 Å². The summed E-state index contributed by atoms with van der Waals surface area (Å²) < 4.78 is 16.1. The Bertz CT molecular complexity index is 1060. The third kappa shape index (κ3) is 4.03. The fourth-order valence-electron chi connectivity index (χ4n) is 5.27. The van der Waals surface area contributed by atoms with Gasteiger partial charge in [0.1, 0.15) is 5.83 Å². The van der Waals surface area contributed by atoms with Gasteiger partial charge in [0.05, 0.1) is 30.6 Å². The van der Waals surface area contributed by atoms with E-state index in [4.69, 9.17) is 0 Å². The highest BCUT2D eigenvalue weighted by Crippen LogP contribution is 2.34. The zero-order valence-corrected chi connectivity index (χ0v) is 19.1. The Hall–Kier alpha value is -3.37. The molecule has 0 aromatic carbocycles. The molecule has 0 spiro atoms. The lowest BCUT2D eigenvalue weighted by Crippen LogP contribution is -2.54. The molecule has 0 radical (unpaired) electrons. The van der Waals surface area contributed by atoms with Gasteiger partial charge in [0.2, 0.25) is 11.7 Å². The molecule has 5 rings (SSSR count). The highest BCUT2D eigenvalue weighted by atomic mass is 19.1. The molecule has 1 saturated heterocycles. The summed E-state index contributed by atoms with van der Waals surface area (Å²) >= 11 is 0. The normalized spacial score (nSPS) is 28.9. The van der Waals surface area contributed by atoms with Gasteiger partial charge in [-0.2, -0.15) is 0 Å². The van der Waals surface area contributed by atoms with Crippen molar-refractivity contribution in [3.8, 4) is 0 Å². The van der Waals surface area contributed by atoms with Crippen molar-refractivity contribution in [1.29, 1.82) is 0 Å². The van der Waals surface area contributed by atoms with E-state index in [1.54, 1.807) is 6.20 Å². The maximum Gasteiger partial charge on any atom is 0.294 e. The summed E-state index contributed by atoms with van der Waals surface area (Å²) in [5.74, 6) is -1.69. The van der Waals surface area contributed by atoms with Crippen LogP contribution < -0.4 is 5.32 Å². The third-order valence-corrected chi connectivity index (χ3v) is 7.34. The van der Waals surface area contributed by atoms with Crippen molar-refractivity contribution in [2.45, 2.75) is 38.6 Å². The molecule has 4 aliphatic rings. The SMILES string of the molecule is CC1CCC(C(=O)N2CCN(C(=O)C(=O)C3=CNC4C(n5ccnn5)=NC=C(F)C34)CC2)CC1. The molecular formula is C23H28FN7O3. The largest absolute Gasteiger partial charge is 0.380 e. The summed E-state index contributed by atoms with van der Waals surface area (Å²) in [5, 5.41) is 10.6. The third-order valence-electron chi connectivity index (χ3n) is 7.34. The minimum atomic E-state index is -0.954. The lowest BCUT2D eigenvalue weighted by atomic mass is 9.82. The molecular weight excluding hydrogens is 441 g/mol. The molecule has 1 N–H and O–H groups in total. The van der Waals surface area contributed by atoms with Crippen LogP contribution in [0.15, 0.2) is 41.2 Å². The summed E-state index contributed by atoms with van der Waals surface area (Å²) in [5.41, 5.74) is 0.0612. The molecule has 2 unspecified atom stereocenters. The molecule has 11 heteroatoms. The average molecular weight is 470 g/mol. The number of halogens is 1. The summed E-state index contributed by atoms with van der Waals surface area (Å²) in [6.45, 7) is 3.61. The van der Waals surface area contributed by atoms with E-state index in [1.165, 1.54) is 22.0 Å². The van der Waals surface area contributed by atoms with Crippen molar-refractivity contribution in [3.63, 3.8) is 0 Å². The fourth-order valence-corrected chi connectivity index (χ4v) is 5.27. The van der Waals surface area contributed by atoms with Crippen molar-refractivity contribution in [2.24, 2.45) is 22.7 Å². The van der Waals surface area contributed by atoms with Gasteiger partial charge in [-0.15, -0.1) is 5.10 Å². The highest BCUT2D eigenvalue weighted by molar-refractivity contribution is 6.43. The predicted octanol–water partition coefficient (Wildman–Crippen LogP) is 0.887. The molecule has 3 aliphatic heterocycles. The highest BCUT2D eigenvalue weighted by Gasteiger charge is 2.44. The number of aliphatic imine (C=N–C) groups is 1. The summed E-state index contributed by atoms with van der Waals surface area (Å²) in [4.78, 5) is 46.3. The Balaban J connectivity index is 1.20. The van der Waals surface area contributed by atoms with E-state index in [0.29, 0.717) is 24.8 Å². The van der Waals surface area contributed by atoms with Crippen LogP contribution in [0.5, 0.6) is 0 Å². The van der Waals surface area contributed by atoms with Crippen molar-refractivity contribution in [1.82, 2.24) is 30.1 Å². The number of fused-ring (bicyclic) bond motifs is 1. The van der Waals surface area contributed by atoms with Gasteiger partial charge in [0.25, 0.3) is 5.91 Å². The molecule has 10 nitrogen and oxygen atoms in total. The number of ketones is 1. The predicted molar refractivity (Wildman–Crippen MR) is 120 cm³/mol. The summed E-state index contributed by atoms with van der Waals surface area (Å²) in [6, 6.07) is -0.661. The van der Waals surface area contributed by atoms with Gasteiger partial charge >= 0.3 is 0 Å². The number of hydrogen-bond donors (Lipinski definition) is 1. The number of rotatable bonds is 3. The van der Waals surface area contributed by atoms with Crippen LogP contribution in [0.2, 0.25) is 0 Å². The van der Waals surface area contributed by atoms with Crippen molar-refractivity contribution >= 4 is 23.4 Å². The topological polar surface area (TPSA) is 113 Å². The van der Waals surface area contributed by atoms with Crippen LogP contribution >= 0.6 is 0 Å². The molecule has 4 heterocycles. The van der Waals surface area contributed by atoms with Crippen LogP contribution in [0, 0.1) is 17.8 Å². The molecule has 1 aromatic heterocycles. The second kappa shape index (κ2) is 9.11. The number of amides is 2. The smallest absolute Gasteiger partial charge is 0.294 e. The van der Waals surface area contributed by atoms with E-state index in [-0.39, 0.29) is 30.5 Å². The van der Waals surface area contributed by atoms with E-state index in [1.807, 2.05) is 4.90 Å². The molecule has 180 valence electrons. The van der Waals surface area contributed by atoms with Crippen LogP contribution in [0.25, 0.3) is 0 Å². The molecule has 0 bridgehead atoms. The fraction of sp³-hybridized carbons (Fsp3) is 0.565. The minimum Gasteiger partial charge on any atom is -0.380 e. The molecule has 1 aliphatic carbocycles. The Kier molecular flexibility index (Phi) is 6.01. The number of nitrogens with one attached hydrogen (secondary N) is 1. The summed E-state index contributed by atoms with van der Waals surface area (Å²) in [6.07, 6.45) is 9.47. The molecule has 2 fully saturated rings. The van der Waals surface area contributed by atoms with E-state index < -0.39 is 29.5 Å². The first-order valence-electron chi connectivity index (χ1n) is 11.8. The number of Topliss-reactive ketones (excluding diaryl/α,β-unsaturated/α-hetero) is 1. The van der Waals surface area contributed by atoms with Gasteiger partial charge in [-0.3, -0.25) is 14.4 Å². The number of nitrogens with zero attached hydrogens (tertiary/aromatic N) is 6. The van der Waals surface area contributed by atoms with Crippen LogP contribution in [0.4, 0.5) is 4.39 Å². The van der Waals surface area contributed by atoms with E-state index >= 15 is 0 Å². The van der Waals surface area contributed by atoms with Gasteiger partial charge in [-0.25, -0.2) is 14.1 Å². The van der Waals surface area contributed by atoms with Crippen LogP contribution in [0.1, 0.15) is 32.6 Å². The van der Waals surface area contributed by atoms with Crippen molar-refractivity contribution in [3.05, 3.63) is 36.2 Å². The van der Waals surface area contributed by atoms with Crippen LogP contribution in [0.3, 0.4) is 0 Å². The number of carbonyl (C=O) groups is 3. The number of carbonyl (C=O) groups excluding carboxylic acids is 3. The first kappa shape index (κ1) is 22.4. The van der Waals surface area contributed by atoms with E-state index in [9.17, 15) is 18.8 Å². The van der Waals surface area contributed by atoms with Crippen molar-refractivity contribution < 1.29 is 18.8 Å². The minimum absolute atomic E-state index is 0.0612. The second-order valence-corrected chi connectivity index (χ2v) is 9.47. The average Bonchev–Trinajstić information content (AvgIpc) is 3.55. The van der Waals surface area contributed by atoms with E-state index in [0.717, 1.165) is 31.9 Å². The quantitative estimate of drug-likeness (QED) is 0.658. The van der Waals surface area contributed by atoms with Gasteiger partial charge in [-0.05, 0) is 31.6 Å². The Morgan fingerprint density at radius 1 is 1.06 bits per heavy atom. The number of piperazine rings is 1. The lowest BCUT2D eigenvalue weighted by Gasteiger charge is -2.37. The monoisotopic (exact) mass is 469 g/mol. The number of hydrogen-bond acceptors (Lipinski definition) is 7. The maximum atomic E-state index is 14.7. The molecule has 34 heavy (non-hydrogen) atoms. The van der Waals surface area contributed by atoms with Crippen LogP contribution in [-0.4, -0.2) is 80.4 Å². The molecule has 1 aromatic rings. The standard InChI is InChI=1S/C23H28FN7O3/c1-14-2-4-15(5-3-14)22(33)29-8-10-30(11-9-29)23(34)20(32)16-12-25-19-18(16)17(24)13-26-21(19)31-7-6-27-28-31/h6-7,12-15,18-19,25H,2-5,8-11H2,1H3. The van der Waals surface area contributed by atoms with Crippen molar-refractivity contribution in [2.75, 3.05) is 26.2 Å². The molecule has 2 atom stereocenters.